The van der Waals surface area contributed by atoms with Crippen LogP contribution in [-0.4, -0.2) is 14.6 Å². The second-order valence-corrected chi connectivity index (χ2v) is 4.42. The molecule has 1 aromatic carbocycles. The summed E-state index contributed by atoms with van der Waals surface area (Å²) in [6.45, 7) is 1.68. The summed E-state index contributed by atoms with van der Waals surface area (Å²) in [5.74, 6) is -0.550. The van der Waals surface area contributed by atoms with Crippen LogP contribution < -0.4 is 11.1 Å². The molecule has 3 rings (SSSR count). The Hall–Kier alpha value is -3.03. The van der Waals surface area contributed by atoms with Crippen molar-refractivity contribution in [2.24, 2.45) is 10.2 Å². The van der Waals surface area contributed by atoms with Crippen LogP contribution in [0.15, 0.2) is 50.1 Å². The minimum Gasteiger partial charge on any atom is -0.342 e. The van der Waals surface area contributed by atoms with E-state index >= 15 is 0 Å². The Bertz CT molecular complexity index is 967. The van der Waals surface area contributed by atoms with E-state index in [1.54, 1.807) is 13.0 Å². The smallest absolute Gasteiger partial charge is 0.294 e. The van der Waals surface area contributed by atoms with Crippen molar-refractivity contribution in [1.82, 2.24) is 14.6 Å². The Morgan fingerprint density at radius 2 is 1.95 bits per heavy atom. The van der Waals surface area contributed by atoms with Crippen molar-refractivity contribution in [2.75, 3.05) is 0 Å². The number of aromatic amines is 2. The maximum absolute atomic E-state index is 13.5. The normalized spacial score (nSPS) is 11.5. The summed E-state index contributed by atoms with van der Waals surface area (Å²) in [7, 11) is 0. The molecule has 21 heavy (non-hydrogen) atoms. The molecule has 0 bridgehead atoms. The number of hydrogen-bond donors (Lipinski definition) is 2. The van der Waals surface area contributed by atoms with E-state index in [0.29, 0.717) is 5.69 Å². The molecular formula is C13H10FN5O2. The topological polar surface area (TPSA) is 94.8 Å². The number of fused-ring (bicyclic) bond motifs is 1. The van der Waals surface area contributed by atoms with E-state index in [0.717, 1.165) is 4.52 Å². The van der Waals surface area contributed by atoms with Gasteiger partial charge in [0.15, 0.2) is 17.2 Å². The molecule has 3 aromatic rings. The first-order chi connectivity index (χ1) is 10.1. The summed E-state index contributed by atoms with van der Waals surface area (Å²) < 4.78 is 14.5. The summed E-state index contributed by atoms with van der Waals surface area (Å²) in [6.07, 6.45) is 0. The van der Waals surface area contributed by atoms with Crippen LogP contribution in [0.3, 0.4) is 0 Å². The van der Waals surface area contributed by atoms with Crippen LogP contribution in [0.1, 0.15) is 5.69 Å². The molecule has 0 amide bonds. The van der Waals surface area contributed by atoms with Gasteiger partial charge in [-0.15, -0.1) is 10.2 Å². The Morgan fingerprint density at radius 1 is 1.19 bits per heavy atom. The van der Waals surface area contributed by atoms with Gasteiger partial charge in [-0.1, -0.05) is 12.1 Å². The lowest BCUT2D eigenvalue weighted by Gasteiger charge is -1.96. The first-order valence-corrected chi connectivity index (χ1v) is 6.07. The van der Waals surface area contributed by atoms with E-state index in [4.69, 9.17) is 0 Å². The fourth-order valence-electron chi connectivity index (χ4n) is 1.91. The zero-order valence-corrected chi connectivity index (χ0v) is 10.9. The van der Waals surface area contributed by atoms with Crippen molar-refractivity contribution in [3.8, 4) is 0 Å². The number of nitrogens with zero attached hydrogens (tertiary/aromatic N) is 3. The van der Waals surface area contributed by atoms with Gasteiger partial charge < -0.3 is 4.98 Å². The van der Waals surface area contributed by atoms with Crippen LogP contribution >= 0.6 is 0 Å². The van der Waals surface area contributed by atoms with Crippen molar-refractivity contribution in [2.45, 2.75) is 6.92 Å². The summed E-state index contributed by atoms with van der Waals surface area (Å²) >= 11 is 0. The SMILES string of the molecule is Cc1cc(=O)n2[nH]c(=O)c(N=Nc3ccccc3F)c2[nH]1. The van der Waals surface area contributed by atoms with Crippen molar-refractivity contribution in [1.29, 1.82) is 0 Å². The number of halogens is 1. The zero-order valence-electron chi connectivity index (χ0n) is 10.9. The molecule has 106 valence electrons. The average Bonchev–Trinajstić information content (AvgIpc) is 2.75. The second-order valence-electron chi connectivity index (χ2n) is 4.42. The monoisotopic (exact) mass is 287 g/mol. The quantitative estimate of drug-likeness (QED) is 0.707. The molecule has 2 aromatic heterocycles. The first-order valence-electron chi connectivity index (χ1n) is 6.07. The van der Waals surface area contributed by atoms with E-state index in [1.165, 1.54) is 24.3 Å². The van der Waals surface area contributed by atoms with E-state index in [1.807, 2.05) is 0 Å². The molecule has 0 saturated carbocycles. The van der Waals surface area contributed by atoms with Gasteiger partial charge in [-0.25, -0.2) is 4.39 Å². The molecule has 2 N–H and O–H groups in total. The van der Waals surface area contributed by atoms with Crippen LogP contribution in [-0.2, 0) is 0 Å². The Balaban J connectivity index is 2.18. The Labute approximate surface area is 116 Å². The lowest BCUT2D eigenvalue weighted by Crippen LogP contribution is -2.15. The standard InChI is InChI=1S/C13H10FN5O2/c1-7-6-10(20)19-12(15-7)11(13(21)18-19)17-16-9-5-3-2-4-8(9)14/h2-6,15H,1H3,(H,18,21). The number of nitrogens with one attached hydrogen (secondary N) is 2. The molecule has 2 heterocycles. The van der Waals surface area contributed by atoms with Gasteiger partial charge in [-0.05, 0) is 19.1 Å². The number of azo groups is 1. The molecular weight excluding hydrogens is 277 g/mol. The number of benzene rings is 1. The van der Waals surface area contributed by atoms with Crippen LogP contribution in [0.25, 0.3) is 5.65 Å². The molecule has 0 fully saturated rings. The van der Waals surface area contributed by atoms with Crippen molar-refractivity contribution in [3.63, 3.8) is 0 Å². The highest BCUT2D eigenvalue weighted by Crippen LogP contribution is 2.20. The zero-order chi connectivity index (χ0) is 15.0. The van der Waals surface area contributed by atoms with Gasteiger partial charge in [0.2, 0.25) is 0 Å². The third-order valence-electron chi connectivity index (χ3n) is 2.86. The van der Waals surface area contributed by atoms with Gasteiger partial charge in [0.25, 0.3) is 11.1 Å². The molecule has 7 nitrogen and oxygen atoms in total. The number of H-pyrrole nitrogens is 2. The molecule has 0 aliphatic carbocycles. The van der Waals surface area contributed by atoms with Gasteiger partial charge >= 0.3 is 0 Å². The third-order valence-corrected chi connectivity index (χ3v) is 2.86. The van der Waals surface area contributed by atoms with E-state index < -0.39 is 16.9 Å². The molecule has 0 aliphatic heterocycles. The van der Waals surface area contributed by atoms with Crippen molar-refractivity contribution >= 4 is 17.0 Å². The van der Waals surface area contributed by atoms with Crippen LogP contribution in [0, 0.1) is 12.7 Å². The first kappa shape index (κ1) is 13.0. The van der Waals surface area contributed by atoms with Crippen molar-refractivity contribution < 1.29 is 4.39 Å². The summed E-state index contributed by atoms with van der Waals surface area (Å²) in [4.78, 5) is 26.4. The highest BCUT2D eigenvalue weighted by molar-refractivity contribution is 5.62. The Kier molecular flexibility index (Phi) is 2.98. The van der Waals surface area contributed by atoms with Gasteiger partial charge in [0.1, 0.15) is 5.69 Å². The minimum atomic E-state index is -0.589. The molecule has 0 radical (unpaired) electrons. The maximum Gasteiger partial charge on any atom is 0.294 e. The number of aryl methyl sites for hydroxylation is 1. The fraction of sp³-hybridized carbons (Fsp3) is 0.0769. The van der Waals surface area contributed by atoms with Crippen LogP contribution in [0.2, 0.25) is 0 Å². The van der Waals surface area contributed by atoms with E-state index in [2.05, 4.69) is 20.3 Å². The molecule has 8 heteroatoms. The largest absolute Gasteiger partial charge is 0.342 e. The van der Waals surface area contributed by atoms with E-state index in [9.17, 15) is 14.0 Å². The Morgan fingerprint density at radius 3 is 2.71 bits per heavy atom. The van der Waals surface area contributed by atoms with Gasteiger partial charge in [-0.2, -0.15) is 4.52 Å². The van der Waals surface area contributed by atoms with Gasteiger partial charge in [0, 0.05) is 11.8 Å². The van der Waals surface area contributed by atoms with Crippen LogP contribution in [0.4, 0.5) is 15.8 Å². The molecule has 0 saturated heterocycles. The minimum absolute atomic E-state index is 0.00579. The lowest BCUT2D eigenvalue weighted by molar-refractivity contribution is 0.628. The molecule has 0 unspecified atom stereocenters. The predicted molar refractivity (Wildman–Crippen MR) is 74.0 cm³/mol. The average molecular weight is 287 g/mol. The predicted octanol–water partition coefficient (Wildman–Crippen LogP) is 2.18. The fourth-order valence-corrected chi connectivity index (χ4v) is 1.91. The number of aromatic nitrogens is 3. The summed E-state index contributed by atoms with van der Waals surface area (Å²) in [5.41, 5.74) is -0.309. The van der Waals surface area contributed by atoms with Gasteiger partial charge in [0.05, 0.1) is 0 Å². The lowest BCUT2D eigenvalue weighted by atomic mass is 10.3. The van der Waals surface area contributed by atoms with E-state index in [-0.39, 0.29) is 17.0 Å². The second kappa shape index (κ2) is 4.82. The number of hydrogen-bond acceptors (Lipinski definition) is 4. The highest BCUT2D eigenvalue weighted by Gasteiger charge is 2.11. The molecule has 0 atom stereocenters. The summed E-state index contributed by atoms with van der Waals surface area (Å²) in [6, 6.07) is 7.13. The third kappa shape index (κ3) is 2.27. The number of rotatable bonds is 2. The summed E-state index contributed by atoms with van der Waals surface area (Å²) in [5, 5.41) is 9.81. The molecule has 0 spiro atoms. The van der Waals surface area contributed by atoms with Gasteiger partial charge in [-0.3, -0.25) is 14.7 Å². The molecule has 0 aliphatic rings. The maximum atomic E-state index is 13.5. The highest BCUT2D eigenvalue weighted by atomic mass is 19.1. The van der Waals surface area contributed by atoms with Crippen molar-refractivity contribution in [3.05, 3.63) is 62.6 Å². The van der Waals surface area contributed by atoms with Crippen LogP contribution in [0.5, 0.6) is 0 Å².